The molecular formula is C32H34Cl2N6O5. The van der Waals surface area contributed by atoms with Crippen molar-refractivity contribution >= 4 is 51.6 Å². The molecule has 2 fully saturated rings. The average Bonchev–Trinajstić information content (AvgIpc) is 3.36. The molecule has 5 heterocycles. The minimum atomic E-state index is -1.31. The smallest absolute Gasteiger partial charge is 0.341 e. The summed E-state index contributed by atoms with van der Waals surface area (Å²) in [7, 11) is 5.65. The molecule has 13 heteroatoms. The van der Waals surface area contributed by atoms with Gasteiger partial charge in [0.2, 0.25) is 17.2 Å². The summed E-state index contributed by atoms with van der Waals surface area (Å²) in [6.07, 6.45) is 3.88. The number of aromatic nitrogens is 3. The van der Waals surface area contributed by atoms with Crippen LogP contribution in [0.2, 0.25) is 10.0 Å². The quantitative estimate of drug-likeness (QED) is 0.269. The average molecular weight is 654 g/mol. The molecule has 2 atom stereocenters. The van der Waals surface area contributed by atoms with Crippen molar-refractivity contribution in [3.05, 3.63) is 74.6 Å². The van der Waals surface area contributed by atoms with Gasteiger partial charge < -0.3 is 33.8 Å². The minimum absolute atomic E-state index is 0.0686. The van der Waals surface area contributed by atoms with Crippen LogP contribution in [0.25, 0.3) is 16.6 Å². The summed E-state index contributed by atoms with van der Waals surface area (Å²) in [5, 5.41) is 10.8. The third kappa shape index (κ3) is 5.99. The Labute approximate surface area is 270 Å². The van der Waals surface area contributed by atoms with Crippen LogP contribution in [-0.2, 0) is 0 Å². The first-order valence-electron chi connectivity index (χ1n) is 14.6. The van der Waals surface area contributed by atoms with Gasteiger partial charge in [-0.2, -0.15) is 4.98 Å². The van der Waals surface area contributed by atoms with Gasteiger partial charge in [-0.05, 0) is 56.8 Å². The molecular weight excluding hydrogens is 619 g/mol. The lowest BCUT2D eigenvalue weighted by atomic mass is 10.1. The van der Waals surface area contributed by atoms with Crippen molar-refractivity contribution in [2.75, 3.05) is 57.2 Å². The number of hydrogen-bond donors (Lipinski definition) is 1. The van der Waals surface area contributed by atoms with E-state index in [0.29, 0.717) is 57.9 Å². The standard InChI is InChI=1S/C32H34Cl2N6O5/c1-18-9-20(17-45-31-24(33)6-8-29(36-31)44-4)39(13-18)27-11-26-22(10-25(27)34)30(41)23(32(42)43)16-40(26)19-5-7-28(35-12-19)38-14-21(15-38)37(2)3/h5-8,10-12,16,18,20-21H,9,13-15,17H2,1-4H3,(H,42,43)/t18?,20-/m1/s1. The zero-order chi connectivity index (χ0) is 32.0. The molecule has 1 N–H and O–H groups in total. The zero-order valence-electron chi connectivity index (χ0n) is 25.4. The molecule has 2 aliphatic rings. The molecule has 1 unspecified atom stereocenters. The Morgan fingerprint density at radius 2 is 1.89 bits per heavy atom. The highest BCUT2D eigenvalue weighted by Crippen LogP contribution is 2.38. The molecule has 0 spiro atoms. The Morgan fingerprint density at radius 3 is 2.56 bits per heavy atom. The molecule has 0 aliphatic carbocycles. The van der Waals surface area contributed by atoms with Gasteiger partial charge in [-0.1, -0.05) is 30.1 Å². The number of aromatic carboxylic acids is 1. The second-order valence-corrected chi connectivity index (χ2v) is 12.7. The van der Waals surface area contributed by atoms with Crippen molar-refractivity contribution in [3.8, 4) is 17.4 Å². The van der Waals surface area contributed by atoms with Crippen molar-refractivity contribution < 1.29 is 19.4 Å². The number of carboxylic acid groups (broad SMARTS) is 1. The maximum Gasteiger partial charge on any atom is 0.341 e. The fourth-order valence-corrected chi connectivity index (χ4v) is 6.43. The second-order valence-electron chi connectivity index (χ2n) is 11.9. The number of nitrogens with zero attached hydrogens (tertiary/aromatic N) is 6. The summed E-state index contributed by atoms with van der Waals surface area (Å²) in [6, 6.07) is 10.9. The second kappa shape index (κ2) is 12.4. The number of ether oxygens (including phenoxy) is 2. The first-order valence-corrected chi connectivity index (χ1v) is 15.4. The van der Waals surface area contributed by atoms with E-state index < -0.39 is 11.4 Å². The fraction of sp³-hybridized carbons (Fsp3) is 0.375. The number of hydrogen-bond acceptors (Lipinski definition) is 9. The predicted molar refractivity (Wildman–Crippen MR) is 175 cm³/mol. The van der Waals surface area contributed by atoms with Crippen LogP contribution in [0.1, 0.15) is 23.7 Å². The van der Waals surface area contributed by atoms with Crippen LogP contribution in [0.4, 0.5) is 11.5 Å². The van der Waals surface area contributed by atoms with Gasteiger partial charge in [-0.15, -0.1) is 0 Å². The SMILES string of the molecule is COc1ccc(Cl)c(OC[C@H]2CC(C)CN2c2cc3c(cc2Cl)c(=O)c(C(=O)O)cn3-c2ccc(N3CC(N(C)C)C3)nc2)n1. The Balaban J connectivity index is 1.36. The number of likely N-dealkylation sites (N-methyl/N-ethyl adjacent to an activating group) is 1. The number of carbonyl (C=O) groups is 1. The first-order chi connectivity index (χ1) is 21.5. The van der Waals surface area contributed by atoms with Gasteiger partial charge in [0.1, 0.15) is 23.0 Å². The third-order valence-electron chi connectivity index (χ3n) is 8.57. The van der Waals surface area contributed by atoms with E-state index in [-0.39, 0.29) is 22.9 Å². The van der Waals surface area contributed by atoms with E-state index in [1.165, 1.54) is 13.3 Å². The van der Waals surface area contributed by atoms with E-state index >= 15 is 0 Å². The van der Waals surface area contributed by atoms with Gasteiger partial charge in [0, 0.05) is 43.3 Å². The number of carboxylic acids is 1. The summed E-state index contributed by atoms with van der Waals surface area (Å²) in [5.41, 5.74) is 0.902. The first kappa shape index (κ1) is 30.9. The van der Waals surface area contributed by atoms with Crippen LogP contribution in [0.5, 0.6) is 11.8 Å². The van der Waals surface area contributed by atoms with Crippen molar-refractivity contribution in [1.29, 1.82) is 0 Å². The molecule has 0 saturated carbocycles. The summed E-state index contributed by atoms with van der Waals surface area (Å²) in [4.78, 5) is 41.0. The van der Waals surface area contributed by atoms with Crippen molar-refractivity contribution in [2.24, 2.45) is 5.92 Å². The molecule has 4 aromatic rings. The highest BCUT2D eigenvalue weighted by Gasteiger charge is 2.33. The third-order valence-corrected chi connectivity index (χ3v) is 9.16. The lowest BCUT2D eigenvalue weighted by molar-refractivity contribution is 0.0695. The van der Waals surface area contributed by atoms with Crippen molar-refractivity contribution in [3.63, 3.8) is 0 Å². The van der Waals surface area contributed by atoms with Gasteiger partial charge in [0.25, 0.3) is 0 Å². The van der Waals surface area contributed by atoms with E-state index in [9.17, 15) is 14.7 Å². The molecule has 45 heavy (non-hydrogen) atoms. The van der Waals surface area contributed by atoms with Crippen LogP contribution in [0, 0.1) is 5.92 Å². The van der Waals surface area contributed by atoms with Crippen LogP contribution in [-0.4, -0.2) is 90.0 Å². The minimum Gasteiger partial charge on any atom is -0.481 e. The summed E-state index contributed by atoms with van der Waals surface area (Å²) < 4.78 is 13.0. The maximum atomic E-state index is 13.3. The number of fused-ring (bicyclic) bond motifs is 1. The fourth-order valence-electron chi connectivity index (χ4n) is 6.00. The van der Waals surface area contributed by atoms with Crippen molar-refractivity contribution in [1.82, 2.24) is 19.4 Å². The van der Waals surface area contributed by atoms with E-state index in [4.69, 9.17) is 32.7 Å². The highest BCUT2D eigenvalue weighted by molar-refractivity contribution is 6.34. The number of pyridine rings is 3. The van der Waals surface area contributed by atoms with Crippen LogP contribution < -0.4 is 24.7 Å². The molecule has 2 aliphatic heterocycles. The monoisotopic (exact) mass is 652 g/mol. The number of rotatable bonds is 9. The maximum absolute atomic E-state index is 13.3. The Hall–Kier alpha value is -4.06. The van der Waals surface area contributed by atoms with Gasteiger partial charge in [0.15, 0.2) is 0 Å². The van der Waals surface area contributed by atoms with Crippen molar-refractivity contribution in [2.45, 2.75) is 25.4 Å². The van der Waals surface area contributed by atoms with Gasteiger partial charge in [0.05, 0.1) is 41.3 Å². The summed E-state index contributed by atoms with van der Waals surface area (Å²) in [5.74, 6) is 0.533. The van der Waals surface area contributed by atoms with E-state index in [1.54, 1.807) is 29.0 Å². The summed E-state index contributed by atoms with van der Waals surface area (Å²) in [6.45, 7) is 4.91. The Bertz CT molecular complexity index is 1810. The lowest BCUT2D eigenvalue weighted by Gasteiger charge is -2.43. The molecule has 11 nitrogen and oxygen atoms in total. The molecule has 1 aromatic carbocycles. The van der Waals surface area contributed by atoms with Gasteiger partial charge >= 0.3 is 5.97 Å². The van der Waals surface area contributed by atoms with E-state index in [0.717, 1.165) is 25.3 Å². The molecule has 6 rings (SSSR count). The van der Waals surface area contributed by atoms with Crippen LogP contribution in [0.3, 0.4) is 0 Å². The number of benzene rings is 1. The predicted octanol–water partition coefficient (Wildman–Crippen LogP) is 4.84. The van der Waals surface area contributed by atoms with Gasteiger partial charge in [-0.3, -0.25) is 4.79 Å². The van der Waals surface area contributed by atoms with Crippen LogP contribution >= 0.6 is 23.2 Å². The number of anilines is 2. The van der Waals surface area contributed by atoms with E-state index in [2.05, 4.69) is 45.7 Å². The Kier molecular flexibility index (Phi) is 8.51. The number of halogens is 2. The lowest BCUT2D eigenvalue weighted by Crippen LogP contribution is -2.57. The largest absolute Gasteiger partial charge is 0.481 e. The van der Waals surface area contributed by atoms with E-state index in [1.807, 2.05) is 18.2 Å². The summed E-state index contributed by atoms with van der Waals surface area (Å²) >= 11 is 13.2. The zero-order valence-corrected chi connectivity index (χ0v) is 26.9. The topological polar surface area (TPSA) is 113 Å². The van der Waals surface area contributed by atoms with Gasteiger partial charge in [-0.25, -0.2) is 9.78 Å². The molecule has 2 saturated heterocycles. The Morgan fingerprint density at radius 1 is 1.11 bits per heavy atom. The molecule has 3 aromatic heterocycles. The number of methoxy groups -OCH3 is 1. The highest BCUT2D eigenvalue weighted by atomic mass is 35.5. The normalized spacial score (nSPS) is 18.5. The molecule has 0 amide bonds. The molecule has 0 radical (unpaired) electrons. The molecule has 236 valence electrons. The molecule has 0 bridgehead atoms. The van der Waals surface area contributed by atoms with Crippen LogP contribution in [0.15, 0.2) is 53.6 Å².